The number of rotatable bonds is 3. The van der Waals surface area contributed by atoms with Crippen LogP contribution < -0.4 is 10.2 Å². The first-order valence-corrected chi connectivity index (χ1v) is 7.90. The summed E-state index contributed by atoms with van der Waals surface area (Å²) in [7, 11) is 0. The van der Waals surface area contributed by atoms with Crippen molar-refractivity contribution in [1.82, 2.24) is 15.2 Å². The Balaban J connectivity index is 1.81. The van der Waals surface area contributed by atoms with Gasteiger partial charge in [-0.25, -0.2) is 0 Å². The molecule has 0 aliphatic carbocycles. The number of anilines is 3. The normalized spacial score (nSPS) is 15.4. The van der Waals surface area contributed by atoms with Gasteiger partial charge in [0.05, 0.1) is 16.8 Å². The number of nitrogens with zero attached hydrogens (tertiary/aromatic N) is 4. The third kappa shape index (κ3) is 3.87. The van der Waals surface area contributed by atoms with Crippen LogP contribution >= 0.6 is 11.6 Å². The Morgan fingerprint density at radius 3 is 2.58 bits per heavy atom. The molecule has 1 N–H and O–H groups in total. The number of piperidine rings is 1. The lowest BCUT2D eigenvalue weighted by atomic mass is 10.1. The van der Waals surface area contributed by atoms with E-state index in [9.17, 15) is 13.2 Å². The molecule has 1 aromatic carbocycles. The SMILES string of the molecule is FC(F)(F)c1cc(Nc2cnnc(N3CCCCC3)n2)ccc1Cl. The van der Waals surface area contributed by atoms with Crippen LogP contribution in [-0.4, -0.2) is 28.3 Å². The van der Waals surface area contributed by atoms with Crippen molar-refractivity contribution in [2.75, 3.05) is 23.3 Å². The quantitative estimate of drug-likeness (QED) is 0.888. The summed E-state index contributed by atoms with van der Waals surface area (Å²) < 4.78 is 38.8. The van der Waals surface area contributed by atoms with E-state index in [1.54, 1.807) is 0 Å². The fraction of sp³-hybridized carbons (Fsp3) is 0.400. The zero-order valence-electron chi connectivity index (χ0n) is 12.6. The van der Waals surface area contributed by atoms with Gasteiger partial charge < -0.3 is 10.2 Å². The molecule has 0 amide bonds. The first-order valence-electron chi connectivity index (χ1n) is 7.52. The Kier molecular flexibility index (Phi) is 4.75. The number of hydrogen-bond acceptors (Lipinski definition) is 5. The Bertz CT molecular complexity index is 716. The molecule has 9 heteroatoms. The molecular formula is C15H15ClF3N5. The van der Waals surface area contributed by atoms with Gasteiger partial charge in [0.25, 0.3) is 0 Å². The molecule has 5 nitrogen and oxygen atoms in total. The second-order valence-electron chi connectivity index (χ2n) is 5.51. The van der Waals surface area contributed by atoms with Gasteiger partial charge in [0.15, 0.2) is 5.82 Å². The lowest BCUT2D eigenvalue weighted by molar-refractivity contribution is -0.137. The Morgan fingerprint density at radius 1 is 1.12 bits per heavy atom. The summed E-state index contributed by atoms with van der Waals surface area (Å²) in [5, 5.41) is 10.4. The molecule has 2 heterocycles. The molecule has 0 radical (unpaired) electrons. The van der Waals surface area contributed by atoms with Gasteiger partial charge in [0.1, 0.15) is 0 Å². The average Bonchev–Trinajstić information content (AvgIpc) is 2.57. The number of benzene rings is 1. The van der Waals surface area contributed by atoms with Crippen LogP contribution in [-0.2, 0) is 6.18 Å². The molecule has 2 aromatic rings. The summed E-state index contributed by atoms with van der Waals surface area (Å²) in [6.07, 6.45) is 0.153. The second kappa shape index (κ2) is 6.80. The van der Waals surface area contributed by atoms with Crippen molar-refractivity contribution in [2.45, 2.75) is 25.4 Å². The highest BCUT2D eigenvalue weighted by Gasteiger charge is 2.33. The van der Waals surface area contributed by atoms with Crippen LogP contribution in [0, 0.1) is 0 Å². The monoisotopic (exact) mass is 357 g/mol. The maximum atomic E-state index is 12.9. The summed E-state index contributed by atoms with van der Waals surface area (Å²) in [5.74, 6) is 0.811. The van der Waals surface area contributed by atoms with Gasteiger partial charge >= 0.3 is 6.18 Å². The summed E-state index contributed by atoms with van der Waals surface area (Å²) in [5.41, 5.74) is -0.663. The summed E-state index contributed by atoms with van der Waals surface area (Å²) in [6.45, 7) is 1.70. The molecule has 0 saturated carbocycles. The van der Waals surface area contributed by atoms with Crippen LogP contribution in [0.1, 0.15) is 24.8 Å². The molecule has 1 aromatic heterocycles. The van der Waals surface area contributed by atoms with Crippen molar-refractivity contribution in [3.63, 3.8) is 0 Å². The maximum Gasteiger partial charge on any atom is 0.417 e. The molecular weight excluding hydrogens is 343 g/mol. The first-order chi connectivity index (χ1) is 11.4. The maximum absolute atomic E-state index is 12.9. The van der Waals surface area contributed by atoms with E-state index in [1.165, 1.54) is 24.8 Å². The van der Waals surface area contributed by atoms with E-state index in [0.717, 1.165) is 32.0 Å². The molecule has 0 bridgehead atoms. The van der Waals surface area contributed by atoms with E-state index in [2.05, 4.69) is 20.5 Å². The third-order valence-electron chi connectivity index (χ3n) is 3.73. The fourth-order valence-corrected chi connectivity index (χ4v) is 2.78. The van der Waals surface area contributed by atoms with E-state index < -0.39 is 11.7 Å². The van der Waals surface area contributed by atoms with Crippen LogP contribution in [0.5, 0.6) is 0 Å². The van der Waals surface area contributed by atoms with Gasteiger partial charge in [-0.1, -0.05) is 11.6 Å². The zero-order chi connectivity index (χ0) is 17.2. The molecule has 3 rings (SSSR count). The van der Waals surface area contributed by atoms with E-state index in [1.807, 2.05) is 4.90 Å². The van der Waals surface area contributed by atoms with E-state index in [0.29, 0.717) is 11.8 Å². The molecule has 1 fully saturated rings. The summed E-state index contributed by atoms with van der Waals surface area (Å²) in [6, 6.07) is 3.61. The van der Waals surface area contributed by atoms with Crippen molar-refractivity contribution in [3.05, 3.63) is 35.0 Å². The Hall–Kier alpha value is -2.09. The van der Waals surface area contributed by atoms with Crippen LogP contribution in [0.3, 0.4) is 0 Å². The molecule has 1 saturated heterocycles. The standard InChI is InChI=1S/C15H15ClF3N5/c16-12-5-4-10(8-11(12)15(17,18)19)21-13-9-20-23-14(22-13)24-6-2-1-3-7-24/h4-5,8-9H,1-3,6-7H2,(H,21,22,23). The molecule has 0 atom stereocenters. The van der Waals surface area contributed by atoms with Crippen molar-refractivity contribution >= 4 is 29.1 Å². The molecule has 0 spiro atoms. The van der Waals surface area contributed by atoms with E-state index in [-0.39, 0.29) is 10.7 Å². The number of nitrogens with one attached hydrogen (secondary N) is 1. The molecule has 1 aliphatic rings. The van der Waals surface area contributed by atoms with Gasteiger partial charge in [-0.2, -0.15) is 23.3 Å². The summed E-state index contributed by atoms with van der Waals surface area (Å²) in [4.78, 5) is 6.35. The van der Waals surface area contributed by atoms with Crippen molar-refractivity contribution in [1.29, 1.82) is 0 Å². The highest BCUT2D eigenvalue weighted by atomic mass is 35.5. The fourth-order valence-electron chi connectivity index (χ4n) is 2.55. The van der Waals surface area contributed by atoms with Gasteiger partial charge in [0, 0.05) is 18.8 Å². The number of alkyl halides is 3. The third-order valence-corrected chi connectivity index (χ3v) is 4.06. The van der Waals surface area contributed by atoms with E-state index >= 15 is 0 Å². The number of hydrogen-bond donors (Lipinski definition) is 1. The minimum absolute atomic E-state index is 0.233. The van der Waals surface area contributed by atoms with Crippen LogP contribution in [0.25, 0.3) is 0 Å². The van der Waals surface area contributed by atoms with Gasteiger partial charge in [-0.05, 0) is 37.5 Å². The smallest absolute Gasteiger partial charge is 0.339 e. The topological polar surface area (TPSA) is 53.9 Å². The predicted octanol–water partition coefficient (Wildman–Crippen LogP) is 4.28. The lowest BCUT2D eigenvalue weighted by Gasteiger charge is -2.26. The number of halogens is 4. The van der Waals surface area contributed by atoms with Crippen LogP contribution in [0.4, 0.5) is 30.6 Å². The highest BCUT2D eigenvalue weighted by Crippen LogP contribution is 2.36. The minimum Gasteiger partial charge on any atom is -0.339 e. The Labute approximate surface area is 141 Å². The van der Waals surface area contributed by atoms with Crippen molar-refractivity contribution < 1.29 is 13.2 Å². The van der Waals surface area contributed by atoms with E-state index in [4.69, 9.17) is 11.6 Å². The van der Waals surface area contributed by atoms with Gasteiger partial charge in [0.2, 0.25) is 5.95 Å². The molecule has 0 unspecified atom stereocenters. The first kappa shape index (κ1) is 16.8. The molecule has 128 valence electrons. The largest absolute Gasteiger partial charge is 0.417 e. The van der Waals surface area contributed by atoms with Crippen molar-refractivity contribution in [3.8, 4) is 0 Å². The average molecular weight is 358 g/mol. The Morgan fingerprint density at radius 2 is 1.88 bits per heavy atom. The molecule has 1 aliphatic heterocycles. The zero-order valence-corrected chi connectivity index (χ0v) is 13.4. The molecule has 24 heavy (non-hydrogen) atoms. The van der Waals surface area contributed by atoms with Crippen LogP contribution in [0.2, 0.25) is 5.02 Å². The van der Waals surface area contributed by atoms with Crippen molar-refractivity contribution in [2.24, 2.45) is 0 Å². The second-order valence-corrected chi connectivity index (χ2v) is 5.91. The lowest BCUT2D eigenvalue weighted by Crippen LogP contribution is -2.31. The van der Waals surface area contributed by atoms with Crippen LogP contribution in [0.15, 0.2) is 24.4 Å². The van der Waals surface area contributed by atoms with Gasteiger partial charge in [-0.15, -0.1) is 5.10 Å². The number of aromatic nitrogens is 3. The van der Waals surface area contributed by atoms with Gasteiger partial charge in [-0.3, -0.25) is 0 Å². The predicted molar refractivity (Wildman–Crippen MR) is 85.6 cm³/mol. The minimum atomic E-state index is -4.52. The summed E-state index contributed by atoms with van der Waals surface area (Å²) >= 11 is 5.62. The highest BCUT2D eigenvalue weighted by molar-refractivity contribution is 6.31.